The molecule has 1 N–H and O–H groups in total. The number of alkyl halides is 2. The molecule has 0 aliphatic heterocycles. The van der Waals surface area contributed by atoms with Crippen LogP contribution in [0.5, 0.6) is 0 Å². The molecule has 1 rings (SSSR count). The van der Waals surface area contributed by atoms with E-state index in [0.29, 0.717) is 13.1 Å². The topological polar surface area (TPSA) is 55.0 Å². The Morgan fingerprint density at radius 3 is 2.62 bits per heavy atom. The molecule has 13 heavy (non-hydrogen) atoms. The van der Waals surface area contributed by atoms with E-state index in [1.165, 1.54) is 12.3 Å². The van der Waals surface area contributed by atoms with E-state index in [1.807, 2.05) is 0 Å². The molecule has 0 aliphatic carbocycles. The summed E-state index contributed by atoms with van der Waals surface area (Å²) in [6.07, 6.45) is -1.14. The highest BCUT2D eigenvalue weighted by Gasteiger charge is 2.05. The lowest BCUT2D eigenvalue weighted by Gasteiger charge is -1.87. The third-order valence-electron chi connectivity index (χ3n) is 0.992. The summed E-state index contributed by atoms with van der Waals surface area (Å²) < 4.78 is 27.2. The second-order valence-electron chi connectivity index (χ2n) is 1.86. The molecule has 0 aromatic carbocycles. The molecule has 1 aromatic rings. The highest BCUT2D eigenvalue weighted by molar-refractivity contribution is 5.36. The fourth-order valence-electron chi connectivity index (χ4n) is 0.456. The van der Waals surface area contributed by atoms with Gasteiger partial charge >= 0.3 is 0 Å². The van der Waals surface area contributed by atoms with Gasteiger partial charge in [0.25, 0.3) is 12.9 Å². The number of aromatic nitrogens is 2. The van der Waals surface area contributed by atoms with E-state index in [-0.39, 0.29) is 5.69 Å². The largest absolute Gasteiger partial charge is 0.468 e. The summed E-state index contributed by atoms with van der Waals surface area (Å²) >= 11 is 0. The quantitative estimate of drug-likeness (QED) is 0.739. The first kappa shape index (κ1) is 11.5. The van der Waals surface area contributed by atoms with E-state index >= 15 is 0 Å². The van der Waals surface area contributed by atoms with Crippen molar-refractivity contribution in [3.8, 4) is 0 Å². The van der Waals surface area contributed by atoms with Crippen LogP contribution >= 0.6 is 0 Å². The molecule has 0 amide bonds. The van der Waals surface area contributed by atoms with Crippen molar-refractivity contribution in [1.29, 1.82) is 0 Å². The van der Waals surface area contributed by atoms with Crippen molar-refractivity contribution in [3.05, 3.63) is 18.0 Å². The number of H-pyrrole nitrogens is 1. The Morgan fingerprint density at radius 2 is 2.46 bits per heavy atom. The zero-order valence-electron chi connectivity index (χ0n) is 7.04. The summed E-state index contributed by atoms with van der Waals surface area (Å²) in [5.74, 6) is 0. The van der Waals surface area contributed by atoms with Crippen molar-refractivity contribution < 1.29 is 18.3 Å². The summed E-state index contributed by atoms with van der Waals surface area (Å²) in [5, 5.41) is 5.48. The standard InChI is InChI=1S/C4H4F2N2.C3H6O2/c5-4(6)3-1-2-7-8-3;1-2-5-3-4/h1-2,4H,(H,7,8);3H,2H2,1H3. The van der Waals surface area contributed by atoms with Gasteiger partial charge in [-0.1, -0.05) is 0 Å². The van der Waals surface area contributed by atoms with Gasteiger partial charge in [-0.15, -0.1) is 0 Å². The summed E-state index contributed by atoms with van der Waals surface area (Å²) in [6.45, 7) is 2.66. The van der Waals surface area contributed by atoms with Crippen LogP contribution in [-0.2, 0) is 9.53 Å². The van der Waals surface area contributed by atoms with Crippen LogP contribution in [0.2, 0.25) is 0 Å². The van der Waals surface area contributed by atoms with Gasteiger partial charge in [0.15, 0.2) is 0 Å². The minimum atomic E-state index is -2.43. The second kappa shape index (κ2) is 7.20. The van der Waals surface area contributed by atoms with Gasteiger partial charge in [-0.3, -0.25) is 9.89 Å². The Morgan fingerprint density at radius 1 is 1.77 bits per heavy atom. The number of ether oxygens (including phenoxy) is 1. The molecule has 0 fully saturated rings. The van der Waals surface area contributed by atoms with Gasteiger partial charge in [-0.2, -0.15) is 5.10 Å². The van der Waals surface area contributed by atoms with E-state index in [1.54, 1.807) is 6.92 Å². The molecule has 0 unspecified atom stereocenters. The van der Waals surface area contributed by atoms with Crippen molar-refractivity contribution in [2.24, 2.45) is 0 Å². The molecule has 0 saturated carbocycles. The molecule has 1 heterocycles. The molecule has 1 aromatic heterocycles. The lowest BCUT2D eigenvalue weighted by Crippen LogP contribution is -1.81. The number of hydrogen-bond donors (Lipinski definition) is 1. The minimum Gasteiger partial charge on any atom is -0.468 e. The van der Waals surface area contributed by atoms with Crippen LogP contribution in [0, 0.1) is 0 Å². The summed E-state index contributed by atoms with van der Waals surface area (Å²) in [5.41, 5.74) is -0.134. The molecular formula is C7H10F2N2O2. The highest BCUT2D eigenvalue weighted by Crippen LogP contribution is 2.13. The second-order valence-corrected chi connectivity index (χ2v) is 1.86. The molecule has 74 valence electrons. The number of carbonyl (C=O) groups excluding carboxylic acids is 1. The van der Waals surface area contributed by atoms with Gasteiger partial charge < -0.3 is 4.74 Å². The number of hydrogen-bond acceptors (Lipinski definition) is 3. The summed E-state index contributed by atoms with van der Waals surface area (Å²) in [4.78, 5) is 9.18. The third-order valence-corrected chi connectivity index (χ3v) is 0.992. The molecule has 6 heteroatoms. The first-order chi connectivity index (χ1) is 6.22. The molecular weight excluding hydrogens is 182 g/mol. The molecule has 0 aliphatic rings. The summed E-state index contributed by atoms with van der Waals surface area (Å²) in [7, 11) is 0. The van der Waals surface area contributed by atoms with Gasteiger partial charge in [0, 0.05) is 6.20 Å². The van der Waals surface area contributed by atoms with Crippen molar-refractivity contribution in [2.45, 2.75) is 13.3 Å². The molecule has 0 spiro atoms. The van der Waals surface area contributed by atoms with Crippen LogP contribution in [0.25, 0.3) is 0 Å². The molecule has 0 saturated heterocycles. The van der Waals surface area contributed by atoms with Gasteiger partial charge in [-0.25, -0.2) is 8.78 Å². The van der Waals surface area contributed by atoms with Crippen molar-refractivity contribution in [2.75, 3.05) is 6.61 Å². The number of carbonyl (C=O) groups is 1. The van der Waals surface area contributed by atoms with Crippen LogP contribution < -0.4 is 0 Å². The van der Waals surface area contributed by atoms with Gasteiger partial charge in [0.1, 0.15) is 5.69 Å². The maximum Gasteiger partial charge on any atom is 0.293 e. The van der Waals surface area contributed by atoms with Crippen LogP contribution in [0.1, 0.15) is 19.0 Å². The molecule has 0 radical (unpaired) electrons. The van der Waals surface area contributed by atoms with Crippen LogP contribution in [0.4, 0.5) is 8.78 Å². The average Bonchev–Trinajstić information content (AvgIpc) is 2.58. The van der Waals surface area contributed by atoms with E-state index in [9.17, 15) is 13.6 Å². The highest BCUT2D eigenvalue weighted by atomic mass is 19.3. The predicted molar refractivity (Wildman–Crippen MR) is 41.2 cm³/mol. The Hall–Kier alpha value is -1.46. The van der Waals surface area contributed by atoms with Gasteiger partial charge in [-0.05, 0) is 13.0 Å². The number of nitrogens with zero attached hydrogens (tertiary/aromatic N) is 1. The number of aromatic amines is 1. The maximum atomic E-state index is 11.5. The Balaban J connectivity index is 0.000000252. The van der Waals surface area contributed by atoms with Crippen molar-refractivity contribution in [3.63, 3.8) is 0 Å². The maximum absolute atomic E-state index is 11.5. The lowest BCUT2D eigenvalue weighted by atomic mass is 10.5. The SMILES string of the molecule is CCOC=O.FC(F)c1ccn[nH]1. The minimum absolute atomic E-state index is 0.134. The van der Waals surface area contributed by atoms with E-state index in [4.69, 9.17) is 0 Å². The summed E-state index contributed by atoms with van der Waals surface area (Å²) in [6, 6.07) is 1.24. The third kappa shape index (κ3) is 5.77. The zero-order chi connectivity index (χ0) is 10.1. The fourth-order valence-corrected chi connectivity index (χ4v) is 0.456. The van der Waals surface area contributed by atoms with E-state index in [0.717, 1.165) is 0 Å². The van der Waals surface area contributed by atoms with Gasteiger partial charge in [0.2, 0.25) is 0 Å². The van der Waals surface area contributed by atoms with Gasteiger partial charge in [0.05, 0.1) is 6.61 Å². The zero-order valence-corrected chi connectivity index (χ0v) is 7.04. The van der Waals surface area contributed by atoms with E-state index < -0.39 is 6.43 Å². The Bertz CT molecular complexity index is 214. The molecule has 0 bridgehead atoms. The first-order valence-corrected chi connectivity index (χ1v) is 3.55. The molecule has 0 atom stereocenters. The Labute approximate surface area is 73.9 Å². The van der Waals surface area contributed by atoms with Crippen LogP contribution in [-0.4, -0.2) is 23.3 Å². The predicted octanol–water partition coefficient (Wildman–Crippen LogP) is 1.53. The van der Waals surface area contributed by atoms with Crippen molar-refractivity contribution >= 4 is 6.47 Å². The van der Waals surface area contributed by atoms with E-state index in [2.05, 4.69) is 14.9 Å². The number of rotatable bonds is 3. The number of halogens is 2. The van der Waals surface area contributed by atoms with Crippen LogP contribution in [0.15, 0.2) is 12.3 Å². The first-order valence-electron chi connectivity index (χ1n) is 3.55. The monoisotopic (exact) mass is 192 g/mol. The fraction of sp³-hybridized carbons (Fsp3) is 0.429. The van der Waals surface area contributed by atoms with Crippen LogP contribution in [0.3, 0.4) is 0 Å². The Kier molecular flexibility index (Phi) is 6.39. The number of nitrogens with one attached hydrogen (secondary N) is 1. The molecule has 4 nitrogen and oxygen atoms in total. The normalized spacial score (nSPS) is 8.92. The van der Waals surface area contributed by atoms with Crippen molar-refractivity contribution in [1.82, 2.24) is 10.2 Å². The lowest BCUT2D eigenvalue weighted by molar-refractivity contribution is -0.128. The smallest absolute Gasteiger partial charge is 0.293 e. The average molecular weight is 192 g/mol.